The number of hydrogen-bond donors (Lipinski definition) is 2. The van der Waals surface area contributed by atoms with E-state index in [0.717, 1.165) is 12.0 Å². The van der Waals surface area contributed by atoms with Crippen molar-refractivity contribution >= 4 is 27.6 Å². The highest BCUT2D eigenvalue weighted by molar-refractivity contribution is 7.89. The Kier molecular flexibility index (Phi) is 7.09. The molecule has 2 rings (SSSR count). The van der Waals surface area contributed by atoms with Crippen LogP contribution >= 0.6 is 0 Å². The fraction of sp³-hybridized carbons (Fsp3) is 0.263. The number of amides is 1. The molecule has 1 amide bonds. The van der Waals surface area contributed by atoms with E-state index in [0.29, 0.717) is 5.69 Å². The zero-order valence-electron chi connectivity index (χ0n) is 15.2. The molecule has 27 heavy (non-hydrogen) atoms. The van der Waals surface area contributed by atoms with Crippen molar-refractivity contribution in [3.63, 3.8) is 0 Å². The Hall–Kier alpha value is -2.71. The molecule has 0 bridgehead atoms. The fourth-order valence-electron chi connectivity index (χ4n) is 2.26. The second-order valence-corrected chi connectivity index (χ2v) is 7.44. The third kappa shape index (κ3) is 5.90. The molecule has 7 nitrogen and oxygen atoms in total. The molecule has 2 aromatic carbocycles. The monoisotopic (exact) mass is 390 g/mol. The summed E-state index contributed by atoms with van der Waals surface area (Å²) < 4.78 is 31.6. The first-order chi connectivity index (χ1) is 12.9. The van der Waals surface area contributed by atoms with Gasteiger partial charge < -0.3 is 10.1 Å². The van der Waals surface area contributed by atoms with E-state index in [1.54, 1.807) is 19.1 Å². The van der Waals surface area contributed by atoms with Crippen molar-refractivity contribution in [2.45, 2.75) is 25.2 Å². The number of benzene rings is 2. The molecule has 0 aromatic heterocycles. The van der Waals surface area contributed by atoms with E-state index < -0.39 is 28.4 Å². The van der Waals surface area contributed by atoms with Gasteiger partial charge in [0.2, 0.25) is 15.9 Å². The Labute approximate surface area is 158 Å². The van der Waals surface area contributed by atoms with E-state index in [-0.39, 0.29) is 17.1 Å². The number of rotatable bonds is 8. The molecule has 0 spiro atoms. The van der Waals surface area contributed by atoms with Crippen LogP contribution in [0.3, 0.4) is 0 Å². The van der Waals surface area contributed by atoms with Gasteiger partial charge in [-0.3, -0.25) is 4.79 Å². The van der Waals surface area contributed by atoms with Gasteiger partial charge in [-0.15, -0.1) is 0 Å². The van der Waals surface area contributed by atoms with Crippen LogP contribution in [-0.2, 0) is 26.0 Å². The highest BCUT2D eigenvalue weighted by Gasteiger charge is 2.16. The summed E-state index contributed by atoms with van der Waals surface area (Å²) in [6.45, 7) is 3.54. The first-order valence-electron chi connectivity index (χ1n) is 8.51. The Balaban J connectivity index is 1.95. The molecule has 0 aliphatic heterocycles. The number of sulfonamides is 1. The first-order valence-corrected chi connectivity index (χ1v) is 9.99. The Morgan fingerprint density at radius 2 is 1.59 bits per heavy atom. The summed E-state index contributed by atoms with van der Waals surface area (Å²) in [7, 11) is -3.88. The van der Waals surface area contributed by atoms with Gasteiger partial charge in [-0.05, 0) is 55.3 Å². The lowest BCUT2D eigenvalue weighted by Gasteiger charge is -2.09. The minimum Gasteiger partial charge on any atom is -0.462 e. The zero-order valence-corrected chi connectivity index (χ0v) is 16.0. The molecule has 0 atom stereocenters. The van der Waals surface area contributed by atoms with Crippen LogP contribution in [0.1, 0.15) is 29.8 Å². The van der Waals surface area contributed by atoms with Crippen LogP contribution in [0.25, 0.3) is 0 Å². The van der Waals surface area contributed by atoms with Crippen molar-refractivity contribution in [1.82, 2.24) is 4.72 Å². The predicted molar refractivity (Wildman–Crippen MR) is 102 cm³/mol. The van der Waals surface area contributed by atoms with Crippen LogP contribution in [0.15, 0.2) is 53.4 Å². The Morgan fingerprint density at radius 1 is 0.963 bits per heavy atom. The van der Waals surface area contributed by atoms with Crippen LogP contribution in [0, 0.1) is 0 Å². The summed E-state index contributed by atoms with van der Waals surface area (Å²) in [4.78, 5) is 23.5. The highest BCUT2D eigenvalue weighted by atomic mass is 32.2. The van der Waals surface area contributed by atoms with E-state index in [2.05, 4.69) is 10.0 Å². The summed E-state index contributed by atoms with van der Waals surface area (Å²) in [5, 5.41) is 2.63. The SMILES string of the molecule is CCOC(=O)c1ccc(S(=O)(=O)NCC(=O)Nc2ccc(CC)cc2)cc1. The molecule has 0 radical (unpaired) electrons. The molecule has 8 heteroatoms. The van der Waals surface area contributed by atoms with Crippen molar-refractivity contribution in [1.29, 1.82) is 0 Å². The third-order valence-electron chi connectivity index (χ3n) is 3.74. The third-order valence-corrected chi connectivity index (χ3v) is 5.16. The van der Waals surface area contributed by atoms with Gasteiger partial charge in [0.1, 0.15) is 0 Å². The molecule has 0 fully saturated rings. The molecular weight excluding hydrogens is 368 g/mol. The van der Waals surface area contributed by atoms with Gasteiger partial charge in [0.25, 0.3) is 0 Å². The van der Waals surface area contributed by atoms with Crippen molar-refractivity contribution in [3.8, 4) is 0 Å². The minimum absolute atomic E-state index is 0.0457. The van der Waals surface area contributed by atoms with Crippen molar-refractivity contribution in [2.75, 3.05) is 18.5 Å². The number of hydrogen-bond acceptors (Lipinski definition) is 5. The van der Waals surface area contributed by atoms with Gasteiger partial charge in [0.15, 0.2) is 0 Å². The summed E-state index contributed by atoms with van der Waals surface area (Å²) in [6, 6.07) is 12.6. The largest absolute Gasteiger partial charge is 0.462 e. The molecule has 2 N–H and O–H groups in total. The normalized spacial score (nSPS) is 11.0. The number of nitrogens with one attached hydrogen (secondary N) is 2. The van der Waals surface area contributed by atoms with Gasteiger partial charge in [-0.1, -0.05) is 19.1 Å². The molecule has 2 aromatic rings. The van der Waals surface area contributed by atoms with Crippen molar-refractivity contribution in [3.05, 3.63) is 59.7 Å². The summed E-state index contributed by atoms with van der Waals surface area (Å²) in [5.74, 6) is -1.01. The van der Waals surface area contributed by atoms with E-state index >= 15 is 0 Å². The van der Waals surface area contributed by atoms with Gasteiger partial charge in [-0.2, -0.15) is 0 Å². The van der Waals surface area contributed by atoms with Crippen LogP contribution in [0.2, 0.25) is 0 Å². The summed E-state index contributed by atoms with van der Waals surface area (Å²) in [5.41, 5.74) is 1.99. The van der Waals surface area contributed by atoms with Crippen molar-refractivity contribution < 1.29 is 22.7 Å². The van der Waals surface area contributed by atoms with Gasteiger partial charge in [-0.25, -0.2) is 17.9 Å². The summed E-state index contributed by atoms with van der Waals surface area (Å²) in [6.07, 6.45) is 0.892. The predicted octanol–water partition coefficient (Wildman–Crippen LogP) is 2.34. The quantitative estimate of drug-likeness (QED) is 0.674. The van der Waals surface area contributed by atoms with Gasteiger partial charge in [0.05, 0.1) is 23.6 Å². The maximum Gasteiger partial charge on any atom is 0.338 e. The van der Waals surface area contributed by atoms with Crippen molar-refractivity contribution in [2.24, 2.45) is 0 Å². The Bertz CT molecular complexity index is 891. The molecule has 0 aliphatic rings. The molecule has 0 saturated carbocycles. The van der Waals surface area contributed by atoms with E-state index in [1.165, 1.54) is 24.3 Å². The topological polar surface area (TPSA) is 102 Å². The highest BCUT2D eigenvalue weighted by Crippen LogP contribution is 2.12. The molecule has 0 saturated heterocycles. The number of carbonyl (C=O) groups excluding carboxylic acids is 2. The number of carbonyl (C=O) groups is 2. The van der Waals surface area contributed by atoms with E-state index in [1.807, 2.05) is 19.1 Å². The molecule has 0 unspecified atom stereocenters. The second kappa shape index (κ2) is 9.29. The lowest BCUT2D eigenvalue weighted by molar-refractivity contribution is -0.115. The minimum atomic E-state index is -3.88. The first kappa shape index (κ1) is 20.6. The lowest BCUT2D eigenvalue weighted by atomic mass is 10.1. The molecule has 0 heterocycles. The Morgan fingerprint density at radius 3 is 2.15 bits per heavy atom. The van der Waals surface area contributed by atoms with Gasteiger partial charge in [0, 0.05) is 5.69 Å². The molecule has 0 aliphatic carbocycles. The average Bonchev–Trinajstić information content (AvgIpc) is 2.67. The fourth-order valence-corrected chi connectivity index (χ4v) is 3.24. The maximum atomic E-state index is 12.3. The maximum absolute atomic E-state index is 12.3. The lowest BCUT2D eigenvalue weighted by Crippen LogP contribution is -2.32. The number of esters is 1. The molecule has 144 valence electrons. The van der Waals surface area contributed by atoms with Crippen LogP contribution in [0.4, 0.5) is 5.69 Å². The zero-order chi connectivity index (χ0) is 19.9. The average molecular weight is 390 g/mol. The van der Waals surface area contributed by atoms with Crippen LogP contribution in [-0.4, -0.2) is 33.4 Å². The number of anilines is 1. The standard InChI is InChI=1S/C19H22N2O5S/c1-3-14-5-9-16(10-6-14)21-18(22)13-20-27(24,25)17-11-7-15(8-12-17)19(23)26-4-2/h5-12,20H,3-4,13H2,1-2H3,(H,21,22). The smallest absolute Gasteiger partial charge is 0.338 e. The van der Waals surface area contributed by atoms with Crippen LogP contribution in [0.5, 0.6) is 0 Å². The molecular formula is C19H22N2O5S. The second-order valence-electron chi connectivity index (χ2n) is 5.67. The number of ether oxygens (including phenoxy) is 1. The van der Waals surface area contributed by atoms with Gasteiger partial charge >= 0.3 is 5.97 Å². The number of aryl methyl sites for hydroxylation is 1. The van der Waals surface area contributed by atoms with E-state index in [9.17, 15) is 18.0 Å². The van der Waals surface area contributed by atoms with Crippen LogP contribution < -0.4 is 10.0 Å². The summed E-state index contributed by atoms with van der Waals surface area (Å²) >= 11 is 0. The van der Waals surface area contributed by atoms with E-state index in [4.69, 9.17) is 4.74 Å².